The molecule has 0 aliphatic heterocycles. The van der Waals surface area contributed by atoms with Crippen molar-refractivity contribution < 1.29 is 23.9 Å². The van der Waals surface area contributed by atoms with Crippen molar-refractivity contribution in [3.8, 4) is 0 Å². The van der Waals surface area contributed by atoms with Crippen molar-refractivity contribution in [2.45, 2.75) is 93.6 Å². The molecule has 5 nitrogen and oxygen atoms in total. The summed E-state index contributed by atoms with van der Waals surface area (Å²) in [6.45, 7) is 15.7. The Hall–Kier alpha value is -2.56. The molecule has 0 saturated heterocycles. The third kappa shape index (κ3) is 4.99. The molecule has 3 rings (SSSR count). The van der Waals surface area contributed by atoms with Crippen LogP contribution in [-0.2, 0) is 23.9 Å². The fourth-order valence-corrected chi connectivity index (χ4v) is 7.80. The summed E-state index contributed by atoms with van der Waals surface area (Å²) < 4.78 is 5.75. The number of hydrogen-bond donors (Lipinski definition) is 0. The van der Waals surface area contributed by atoms with Gasteiger partial charge >= 0.3 is 5.97 Å². The minimum Gasteiger partial charge on any atom is -0.462 e. The van der Waals surface area contributed by atoms with Gasteiger partial charge in [0.25, 0.3) is 0 Å². The van der Waals surface area contributed by atoms with Gasteiger partial charge in [-0.2, -0.15) is 0 Å². The second kappa shape index (κ2) is 10.1. The Labute approximate surface area is 216 Å². The molecule has 0 bridgehead atoms. The molecule has 0 spiro atoms. The Bertz CT molecular complexity index is 1080. The van der Waals surface area contributed by atoms with E-state index in [4.69, 9.17) is 4.74 Å². The highest BCUT2D eigenvalue weighted by Gasteiger charge is 2.65. The van der Waals surface area contributed by atoms with Gasteiger partial charge in [-0.25, -0.2) is 0 Å². The summed E-state index contributed by atoms with van der Waals surface area (Å²) in [7, 11) is 0. The highest BCUT2D eigenvalue weighted by molar-refractivity contribution is 6.07. The summed E-state index contributed by atoms with van der Waals surface area (Å²) in [5.41, 5.74) is 2.08. The average Bonchev–Trinajstić information content (AvgIpc) is 3.05. The van der Waals surface area contributed by atoms with Crippen LogP contribution >= 0.6 is 0 Å². The predicted molar refractivity (Wildman–Crippen MR) is 141 cm³/mol. The van der Waals surface area contributed by atoms with E-state index in [9.17, 15) is 19.2 Å². The third-order valence-electron chi connectivity index (χ3n) is 9.48. The van der Waals surface area contributed by atoms with E-state index in [0.717, 1.165) is 36.8 Å². The number of ketones is 3. The number of fused-ring (bicyclic) bond motifs is 3. The summed E-state index contributed by atoms with van der Waals surface area (Å²) >= 11 is 0. The summed E-state index contributed by atoms with van der Waals surface area (Å²) in [6.07, 6.45) is 12.2. The molecule has 5 heteroatoms. The fourth-order valence-electron chi connectivity index (χ4n) is 7.80. The summed E-state index contributed by atoms with van der Waals surface area (Å²) in [5, 5.41) is 0. The molecule has 0 aromatic carbocycles. The second-order valence-electron chi connectivity index (χ2n) is 12.2. The largest absolute Gasteiger partial charge is 0.462 e. The van der Waals surface area contributed by atoms with Gasteiger partial charge in [0.1, 0.15) is 6.10 Å². The molecule has 0 N–H and O–H groups in total. The van der Waals surface area contributed by atoms with Gasteiger partial charge in [-0.3, -0.25) is 19.2 Å². The molecule has 0 heterocycles. The fraction of sp³-hybridized carbons (Fsp3) is 0.613. The number of ether oxygens (including phenoxy) is 1. The van der Waals surface area contributed by atoms with Crippen LogP contribution in [-0.4, -0.2) is 29.4 Å². The Morgan fingerprint density at radius 1 is 0.889 bits per heavy atom. The van der Waals surface area contributed by atoms with Crippen LogP contribution in [0, 0.1) is 28.1 Å². The maximum atomic E-state index is 13.5. The number of allylic oxidation sites excluding steroid dienone is 8. The van der Waals surface area contributed by atoms with Crippen molar-refractivity contribution in [1.82, 2.24) is 0 Å². The van der Waals surface area contributed by atoms with Gasteiger partial charge in [0, 0.05) is 29.7 Å². The Kier molecular flexibility index (Phi) is 7.83. The Balaban J connectivity index is 1.89. The highest BCUT2D eigenvalue weighted by Crippen LogP contribution is 2.69. The monoisotopic (exact) mass is 494 g/mol. The molecular weight excluding hydrogens is 452 g/mol. The van der Waals surface area contributed by atoms with Gasteiger partial charge in [-0.1, -0.05) is 45.9 Å². The molecule has 196 valence electrons. The topological polar surface area (TPSA) is 77.5 Å². The number of rotatable bonds is 6. The van der Waals surface area contributed by atoms with Gasteiger partial charge in [-0.05, 0) is 87.0 Å². The lowest BCUT2D eigenvalue weighted by Gasteiger charge is -2.62. The Morgan fingerprint density at radius 3 is 2.17 bits per heavy atom. The summed E-state index contributed by atoms with van der Waals surface area (Å²) in [4.78, 5) is 48.4. The molecule has 0 radical (unpaired) electrons. The Morgan fingerprint density at radius 2 is 1.56 bits per heavy atom. The maximum absolute atomic E-state index is 13.5. The molecule has 36 heavy (non-hydrogen) atoms. The van der Waals surface area contributed by atoms with Crippen LogP contribution in [0.1, 0.15) is 87.5 Å². The van der Waals surface area contributed by atoms with E-state index in [1.165, 1.54) is 26.0 Å². The first-order valence-electron chi connectivity index (χ1n) is 13.1. The zero-order chi connectivity index (χ0) is 27.1. The van der Waals surface area contributed by atoms with Crippen LogP contribution < -0.4 is 0 Å². The molecule has 0 aromatic rings. The third-order valence-corrected chi connectivity index (χ3v) is 9.48. The minimum absolute atomic E-state index is 0.000506. The van der Waals surface area contributed by atoms with Gasteiger partial charge in [0.05, 0.1) is 0 Å². The first kappa shape index (κ1) is 28.0. The quantitative estimate of drug-likeness (QED) is 0.247. The zero-order valence-electron chi connectivity index (χ0n) is 23.2. The molecule has 0 unspecified atom stereocenters. The minimum atomic E-state index is -0.220. The van der Waals surface area contributed by atoms with E-state index in [2.05, 4.69) is 27.7 Å². The smallest absolute Gasteiger partial charge is 0.302 e. The zero-order valence-corrected chi connectivity index (χ0v) is 23.2. The van der Waals surface area contributed by atoms with Crippen molar-refractivity contribution in [2.75, 3.05) is 0 Å². The lowest BCUT2D eigenvalue weighted by atomic mass is 9.43. The van der Waals surface area contributed by atoms with Crippen molar-refractivity contribution >= 4 is 23.3 Å². The lowest BCUT2D eigenvalue weighted by Crippen LogP contribution is -2.58. The molecular formula is C31H42O5. The van der Waals surface area contributed by atoms with Gasteiger partial charge in [0.15, 0.2) is 17.3 Å². The van der Waals surface area contributed by atoms with Crippen molar-refractivity contribution in [2.24, 2.45) is 28.1 Å². The molecule has 3 aliphatic rings. The first-order valence-corrected chi connectivity index (χ1v) is 13.1. The first-order chi connectivity index (χ1) is 16.6. The number of Topliss-reactive ketones (excluding diaryl/α,β-unsaturated/α-hetero) is 1. The predicted octanol–water partition coefficient (Wildman–Crippen LogP) is 6.28. The van der Waals surface area contributed by atoms with Crippen LogP contribution in [0.15, 0.2) is 47.1 Å². The van der Waals surface area contributed by atoms with Crippen LogP contribution in [0.3, 0.4) is 0 Å². The van der Waals surface area contributed by atoms with Crippen LogP contribution in [0.5, 0.6) is 0 Å². The number of esters is 1. The molecule has 0 aromatic heterocycles. The van der Waals surface area contributed by atoms with Crippen LogP contribution in [0.2, 0.25) is 0 Å². The average molecular weight is 495 g/mol. The van der Waals surface area contributed by atoms with Crippen molar-refractivity contribution in [3.05, 3.63) is 47.1 Å². The summed E-state index contributed by atoms with van der Waals surface area (Å²) in [5.74, 6) is 0.268. The van der Waals surface area contributed by atoms with Crippen molar-refractivity contribution in [1.29, 1.82) is 0 Å². The molecule has 0 amide bonds. The second-order valence-corrected chi connectivity index (χ2v) is 12.2. The summed E-state index contributed by atoms with van der Waals surface area (Å²) in [6, 6.07) is 0. The van der Waals surface area contributed by atoms with Crippen molar-refractivity contribution in [3.63, 3.8) is 0 Å². The standard InChI is InChI=1S/C31H42O5/c1-19(23(34)13-12-21(3)32)10-9-11-20(2)28-24(35)18-26-30(7)17-15-27(36-22(4)33)29(5,6)25(30)14-16-31(26,28)8/h9-13,25-27H,14-18H2,1-8H3/b11-9+,13-12+,19-10+,28-20?/t25-,26-,27-,30-,31-/m0/s1. The van der Waals surface area contributed by atoms with Gasteiger partial charge < -0.3 is 4.74 Å². The number of hydrogen-bond acceptors (Lipinski definition) is 5. The van der Waals surface area contributed by atoms with E-state index in [1.54, 1.807) is 13.0 Å². The maximum Gasteiger partial charge on any atom is 0.302 e. The van der Waals surface area contributed by atoms with Gasteiger partial charge in [0.2, 0.25) is 0 Å². The van der Waals surface area contributed by atoms with Crippen LogP contribution in [0.25, 0.3) is 0 Å². The van der Waals surface area contributed by atoms with E-state index in [-0.39, 0.29) is 51.6 Å². The number of carbonyl (C=O) groups excluding carboxylic acids is 4. The molecule has 3 fully saturated rings. The van der Waals surface area contributed by atoms with E-state index < -0.39 is 0 Å². The number of carbonyl (C=O) groups is 4. The molecule has 3 saturated carbocycles. The normalized spacial score (nSPS) is 35.5. The molecule has 3 aliphatic carbocycles. The van der Waals surface area contributed by atoms with Crippen LogP contribution in [0.4, 0.5) is 0 Å². The van der Waals surface area contributed by atoms with E-state index in [0.29, 0.717) is 17.9 Å². The molecule has 5 atom stereocenters. The van der Waals surface area contributed by atoms with E-state index in [1.807, 2.05) is 19.1 Å². The SMILES string of the molecule is CC(=O)/C=C/C(=O)/C(C)=C/C=C/C(C)=C1C(=O)C[C@H]2[C@@]3(C)CC[C@H](OC(C)=O)C(C)(C)[C@@H]3CC[C@]12C. The lowest BCUT2D eigenvalue weighted by molar-refractivity contribution is -0.185. The highest BCUT2D eigenvalue weighted by atomic mass is 16.5. The van der Waals surface area contributed by atoms with Gasteiger partial charge in [-0.15, -0.1) is 0 Å². The van der Waals surface area contributed by atoms with E-state index >= 15 is 0 Å².